The number of pyridine rings is 2. The summed E-state index contributed by atoms with van der Waals surface area (Å²) in [6, 6.07) is 17.7. The van der Waals surface area contributed by atoms with Crippen molar-refractivity contribution in [2.45, 2.75) is 33.1 Å². The van der Waals surface area contributed by atoms with E-state index in [1.165, 1.54) is 13.8 Å². The normalized spacial score (nSPS) is 11.3. The van der Waals surface area contributed by atoms with Crippen molar-refractivity contribution in [3.63, 3.8) is 0 Å². The Bertz CT molecular complexity index is 1270. The zero-order chi connectivity index (χ0) is 23.9. The average Bonchev–Trinajstić information content (AvgIpc) is 2.81. The molecule has 0 aliphatic heterocycles. The van der Waals surface area contributed by atoms with Crippen LogP contribution in [0.2, 0.25) is 0 Å². The van der Waals surface area contributed by atoms with Gasteiger partial charge in [-0.15, -0.1) is 24.3 Å². The molecule has 0 aliphatic rings. The Hall–Kier alpha value is -2.85. The van der Waals surface area contributed by atoms with Gasteiger partial charge in [0.05, 0.1) is 0 Å². The Morgan fingerprint density at radius 1 is 0.676 bits per heavy atom. The van der Waals surface area contributed by atoms with E-state index in [-0.39, 0.29) is 43.3 Å². The van der Waals surface area contributed by atoms with Crippen molar-refractivity contribution in [3.05, 3.63) is 106 Å². The molecule has 0 N–H and O–H groups in total. The molecule has 4 rings (SSSR count). The molecule has 176 valence electrons. The summed E-state index contributed by atoms with van der Waals surface area (Å²) in [6.07, 6.45) is 0. The summed E-state index contributed by atoms with van der Waals surface area (Å²) < 4.78 is 56.6. The van der Waals surface area contributed by atoms with Gasteiger partial charge in [-0.2, -0.15) is 0 Å². The van der Waals surface area contributed by atoms with Gasteiger partial charge in [-0.25, -0.2) is 0 Å². The molecule has 0 saturated heterocycles. The van der Waals surface area contributed by atoms with Crippen LogP contribution in [0.1, 0.15) is 36.4 Å². The predicted octanol–water partition coefficient (Wildman–Crippen LogP) is 6.91. The van der Waals surface area contributed by atoms with Gasteiger partial charge in [0, 0.05) is 40.1 Å². The van der Waals surface area contributed by atoms with Gasteiger partial charge >= 0.3 is 21.1 Å². The molecule has 0 saturated carbocycles. The van der Waals surface area contributed by atoms with Crippen LogP contribution < -0.4 is 0 Å². The summed E-state index contributed by atoms with van der Waals surface area (Å²) in [5.74, 6) is -2.77. The molecule has 4 aromatic rings. The molecule has 0 unspecified atom stereocenters. The van der Waals surface area contributed by atoms with E-state index in [0.717, 1.165) is 12.1 Å². The summed E-state index contributed by atoms with van der Waals surface area (Å²) in [6.45, 7) is 6.49. The van der Waals surface area contributed by atoms with Crippen LogP contribution in [0.25, 0.3) is 22.5 Å². The first-order valence-electron chi connectivity index (χ1n) is 10.3. The minimum Gasteiger partial charge on any atom is -0.300 e. The summed E-state index contributed by atoms with van der Waals surface area (Å²) in [5, 5.41) is 0. The van der Waals surface area contributed by atoms with E-state index in [2.05, 4.69) is 22.1 Å². The third kappa shape index (κ3) is 4.56. The first-order valence-corrected chi connectivity index (χ1v) is 10.3. The van der Waals surface area contributed by atoms with Gasteiger partial charge in [0.2, 0.25) is 0 Å². The van der Waals surface area contributed by atoms with Crippen molar-refractivity contribution in [1.29, 1.82) is 0 Å². The summed E-state index contributed by atoms with van der Waals surface area (Å²) in [5.41, 5.74) is 0.992. The quantitative estimate of drug-likeness (QED) is 0.179. The number of halogens is 4. The average molecular weight is 644 g/mol. The van der Waals surface area contributed by atoms with E-state index in [4.69, 9.17) is 0 Å². The smallest absolute Gasteiger partial charge is 0.300 e. The van der Waals surface area contributed by atoms with Crippen LogP contribution in [0.4, 0.5) is 17.6 Å². The molecule has 2 aromatic carbocycles. The van der Waals surface area contributed by atoms with Gasteiger partial charge in [0.25, 0.3) is 0 Å². The van der Waals surface area contributed by atoms with E-state index >= 15 is 0 Å². The Balaban J connectivity index is 0.00000324. The van der Waals surface area contributed by atoms with E-state index in [1.807, 2.05) is 13.8 Å². The van der Waals surface area contributed by atoms with Gasteiger partial charge in [-0.3, -0.25) is 17.6 Å². The van der Waals surface area contributed by atoms with E-state index in [1.54, 1.807) is 36.4 Å². The molecule has 34 heavy (non-hydrogen) atoms. The van der Waals surface area contributed by atoms with Gasteiger partial charge in [0.15, 0.2) is 0 Å². The monoisotopic (exact) mass is 643 g/mol. The Labute approximate surface area is 210 Å². The van der Waals surface area contributed by atoms with Crippen molar-refractivity contribution in [3.8, 4) is 22.5 Å². The second-order valence-electron chi connectivity index (χ2n) is 8.34. The minimum absolute atomic E-state index is 0. The Morgan fingerprint density at radius 2 is 1.06 bits per heavy atom. The minimum atomic E-state index is -0.747. The van der Waals surface area contributed by atoms with Gasteiger partial charge in [-0.1, -0.05) is 60.4 Å². The molecule has 0 amide bonds. The summed E-state index contributed by atoms with van der Waals surface area (Å²) >= 11 is 0. The van der Waals surface area contributed by atoms with Crippen LogP contribution in [0.5, 0.6) is 0 Å². The number of hydrogen-bond donors (Lipinski definition) is 0. The SMILES string of the molecule is Cc1c(F)c[c-]c(-c2cccc(C(C)(C)c3cccc(-c4[c-]cc(F)c(C)c4F)n3)n2)c1F.[Pt+2]. The summed E-state index contributed by atoms with van der Waals surface area (Å²) in [7, 11) is 0. The van der Waals surface area contributed by atoms with E-state index < -0.39 is 28.7 Å². The molecular weight excluding hydrogens is 623 g/mol. The third-order valence-electron chi connectivity index (χ3n) is 5.79. The van der Waals surface area contributed by atoms with Crippen LogP contribution in [0.3, 0.4) is 0 Å². The van der Waals surface area contributed by atoms with Crippen molar-refractivity contribution in [1.82, 2.24) is 9.97 Å². The number of nitrogens with zero attached hydrogens (tertiary/aromatic N) is 2. The molecule has 7 heteroatoms. The molecule has 2 nitrogen and oxygen atoms in total. The number of hydrogen-bond acceptors (Lipinski definition) is 2. The number of aromatic nitrogens is 2. The maximum Gasteiger partial charge on any atom is 2.00 e. The van der Waals surface area contributed by atoms with E-state index in [9.17, 15) is 17.6 Å². The standard InChI is InChI=1S/C27H20F4N2.Pt/c1-15-19(28)13-11-17(25(15)30)21-7-5-9-23(32-21)27(3,4)24-10-6-8-22(33-24)18-12-14-20(29)16(2)26(18)31;/h5-10,13-14H,1-4H3;/q-2;+2. The van der Waals surface area contributed by atoms with Crippen molar-refractivity contribution >= 4 is 0 Å². The fourth-order valence-electron chi connectivity index (χ4n) is 3.55. The topological polar surface area (TPSA) is 25.8 Å². The molecule has 0 bridgehead atoms. The van der Waals surface area contributed by atoms with Crippen molar-refractivity contribution in [2.75, 3.05) is 0 Å². The van der Waals surface area contributed by atoms with Crippen LogP contribution in [-0.2, 0) is 26.5 Å². The Kier molecular flexibility index (Phi) is 7.42. The first kappa shape index (κ1) is 25.8. The first-order chi connectivity index (χ1) is 15.6. The third-order valence-corrected chi connectivity index (χ3v) is 5.79. The molecule has 2 aromatic heterocycles. The Morgan fingerprint density at radius 3 is 1.44 bits per heavy atom. The van der Waals surface area contributed by atoms with Gasteiger partial charge in [0.1, 0.15) is 0 Å². The van der Waals surface area contributed by atoms with Crippen LogP contribution in [0.15, 0.2) is 48.5 Å². The zero-order valence-corrected chi connectivity index (χ0v) is 21.1. The molecule has 0 radical (unpaired) electrons. The maximum atomic E-state index is 14.6. The van der Waals surface area contributed by atoms with Gasteiger partial charge in [-0.05, 0) is 37.4 Å². The summed E-state index contributed by atoms with van der Waals surface area (Å²) in [4.78, 5) is 9.21. The number of benzene rings is 2. The maximum absolute atomic E-state index is 14.6. The molecule has 0 aliphatic carbocycles. The molecule has 0 spiro atoms. The molecular formula is C27H20F4N2Pt. The van der Waals surface area contributed by atoms with Crippen LogP contribution in [-0.4, -0.2) is 9.97 Å². The molecule has 0 atom stereocenters. The van der Waals surface area contributed by atoms with Crippen LogP contribution in [0, 0.1) is 49.2 Å². The van der Waals surface area contributed by atoms with Crippen molar-refractivity contribution < 1.29 is 38.6 Å². The molecule has 2 heterocycles. The van der Waals surface area contributed by atoms with E-state index in [0.29, 0.717) is 22.8 Å². The fourth-order valence-corrected chi connectivity index (χ4v) is 3.55. The second-order valence-corrected chi connectivity index (χ2v) is 8.34. The second kappa shape index (κ2) is 9.79. The fraction of sp³-hybridized carbons (Fsp3) is 0.185. The predicted molar refractivity (Wildman–Crippen MR) is 118 cm³/mol. The number of rotatable bonds is 4. The van der Waals surface area contributed by atoms with Gasteiger partial charge < -0.3 is 9.97 Å². The van der Waals surface area contributed by atoms with Crippen LogP contribution >= 0.6 is 0 Å². The zero-order valence-electron chi connectivity index (χ0n) is 18.8. The largest absolute Gasteiger partial charge is 2.00 e. The van der Waals surface area contributed by atoms with Crippen molar-refractivity contribution in [2.24, 2.45) is 0 Å². The molecule has 0 fully saturated rings.